The third kappa shape index (κ3) is 4.59. The van der Waals surface area contributed by atoms with Crippen LogP contribution < -0.4 is 15.0 Å². The van der Waals surface area contributed by atoms with Crippen LogP contribution in [0.15, 0.2) is 23.0 Å². The van der Waals surface area contributed by atoms with Gasteiger partial charge in [-0.2, -0.15) is 0 Å². The summed E-state index contributed by atoms with van der Waals surface area (Å²) >= 11 is 0. The molecule has 10 nitrogen and oxygen atoms in total. The maximum Gasteiger partial charge on any atom is 0.252 e. The van der Waals surface area contributed by atoms with E-state index in [2.05, 4.69) is 32.3 Å². The number of benzene rings is 1. The minimum absolute atomic E-state index is 0.0138. The van der Waals surface area contributed by atoms with E-state index in [1.54, 1.807) is 0 Å². The van der Waals surface area contributed by atoms with E-state index < -0.39 is 0 Å². The van der Waals surface area contributed by atoms with Gasteiger partial charge in [0.1, 0.15) is 13.2 Å². The summed E-state index contributed by atoms with van der Waals surface area (Å²) in [6, 6.07) is 6.22. The molecule has 6 rings (SSSR count). The average Bonchev–Trinajstić information content (AvgIpc) is 3.67. The van der Waals surface area contributed by atoms with Gasteiger partial charge in [-0.25, -0.2) is 4.68 Å². The Kier molecular flexibility index (Phi) is 6.62. The van der Waals surface area contributed by atoms with Crippen molar-refractivity contribution in [3.8, 4) is 11.5 Å². The Morgan fingerprint density at radius 1 is 1.08 bits per heavy atom. The number of hydrogen-bond acceptors (Lipinski definition) is 8. The molecular weight excluding hydrogens is 460 g/mol. The first kappa shape index (κ1) is 23.4. The average molecular weight is 495 g/mol. The summed E-state index contributed by atoms with van der Waals surface area (Å²) in [6.45, 7) is 5.23. The number of tetrazole rings is 1. The van der Waals surface area contributed by atoms with Crippen molar-refractivity contribution in [2.75, 3.05) is 19.8 Å². The van der Waals surface area contributed by atoms with Crippen molar-refractivity contribution in [2.24, 2.45) is 0 Å². The van der Waals surface area contributed by atoms with E-state index in [1.807, 2.05) is 22.9 Å². The molecule has 2 fully saturated rings. The van der Waals surface area contributed by atoms with Crippen LogP contribution in [0.1, 0.15) is 69.3 Å². The number of aromatic amines is 1. The monoisotopic (exact) mass is 494 g/mol. The van der Waals surface area contributed by atoms with Crippen LogP contribution in [0.2, 0.25) is 0 Å². The summed E-state index contributed by atoms with van der Waals surface area (Å²) in [6.07, 6.45) is 7.78. The zero-order valence-corrected chi connectivity index (χ0v) is 20.8. The van der Waals surface area contributed by atoms with Gasteiger partial charge in [0.05, 0.1) is 24.2 Å². The van der Waals surface area contributed by atoms with Gasteiger partial charge < -0.3 is 19.2 Å². The number of rotatable bonds is 8. The minimum Gasteiger partial charge on any atom is -0.486 e. The van der Waals surface area contributed by atoms with Crippen molar-refractivity contribution in [2.45, 2.75) is 83.1 Å². The molecule has 10 heteroatoms. The van der Waals surface area contributed by atoms with Crippen LogP contribution in [0.4, 0.5) is 0 Å². The number of pyridine rings is 1. The first-order valence-electron chi connectivity index (χ1n) is 13.3. The van der Waals surface area contributed by atoms with Gasteiger partial charge in [-0.1, -0.05) is 19.8 Å². The number of fused-ring (bicyclic) bond motifs is 2. The smallest absolute Gasteiger partial charge is 0.252 e. The van der Waals surface area contributed by atoms with E-state index in [0.717, 1.165) is 66.8 Å². The molecule has 1 saturated heterocycles. The number of ether oxygens (including phenoxy) is 3. The molecule has 0 radical (unpaired) electrons. The van der Waals surface area contributed by atoms with Gasteiger partial charge in [0.2, 0.25) is 0 Å². The molecule has 2 aromatic heterocycles. The van der Waals surface area contributed by atoms with Crippen molar-refractivity contribution in [3.05, 3.63) is 39.9 Å². The van der Waals surface area contributed by atoms with E-state index in [1.165, 1.54) is 12.8 Å². The van der Waals surface area contributed by atoms with E-state index in [-0.39, 0.29) is 17.7 Å². The zero-order valence-electron chi connectivity index (χ0n) is 20.8. The Balaban J connectivity index is 1.33. The summed E-state index contributed by atoms with van der Waals surface area (Å²) in [5, 5.41) is 13.8. The van der Waals surface area contributed by atoms with Gasteiger partial charge in [0.25, 0.3) is 5.56 Å². The highest BCUT2D eigenvalue weighted by molar-refractivity contribution is 5.83. The van der Waals surface area contributed by atoms with Crippen LogP contribution in [-0.2, 0) is 17.8 Å². The molecule has 1 aliphatic carbocycles. The summed E-state index contributed by atoms with van der Waals surface area (Å²) in [5.74, 6) is 2.25. The van der Waals surface area contributed by atoms with Crippen molar-refractivity contribution in [1.82, 2.24) is 30.1 Å². The maximum absolute atomic E-state index is 13.2. The van der Waals surface area contributed by atoms with Crippen LogP contribution in [0.3, 0.4) is 0 Å². The lowest BCUT2D eigenvalue weighted by Gasteiger charge is -2.35. The van der Waals surface area contributed by atoms with E-state index in [9.17, 15) is 4.79 Å². The Morgan fingerprint density at radius 3 is 2.64 bits per heavy atom. The lowest BCUT2D eigenvalue weighted by molar-refractivity contribution is 0.0839. The molecule has 4 heterocycles. The topological polar surface area (TPSA) is 107 Å². The van der Waals surface area contributed by atoms with Crippen LogP contribution in [0.5, 0.6) is 11.5 Å². The first-order valence-corrected chi connectivity index (χ1v) is 13.3. The fraction of sp³-hybridized carbons (Fsp3) is 0.615. The molecule has 3 aliphatic rings. The van der Waals surface area contributed by atoms with E-state index in [0.29, 0.717) is 38.1 Å². The first-order chi connectivity index (χ1) is 17.7. The number of H-pyrrole nitrogens is 1. The minimum atomic E-state index is -0.0732. The molecule has 1 N–H and O–H groups in total. The second kappa shape index (κ2) is 10.2. The molecule has 1 saturated carbocycles. The molecule has 0 amide bonds. The molecule has 0 bridgehead atoms. The van der Waals surface area contributed by atoms with Crippen molar-refractivity contribution in [3.63, 3.8) is 0 Å². The predicted molar refractivity (Wildman–Crippen MR) is 133 cm³/mol. The molecule has 192 valence electrons. The van der Waals surface area contributed by atoms with Gasteiger partial charge >= 0.3 is 0 Å². The molecule has 0 spiro atoms. The summed E-state index contributed by atoms with van der Waals surface area (Å²) in [5.41, 5.74) is 1.42. The number of aromatic nitrogens is 5. The van der Waals surface area contributed by atoms with Crippen molar-refractivity contribution >= 4 is 10.9 Å². The van der Waals surface area contributed by atoms with E-state index >= 15 is 0 Å². The second-order valence-corrected chi connectivity index (χ2v) is 10.1. The van der Waals surface area contributed by atoms with Gasteiger partial charge in [0.15, 0.2) is 17.3 Å². The zero-order chi connectivity index (χ0) is 24.5. The Hall–Kier alpha value is -2.98. The highest BCUT2D eigenvalue weighted by atomic mass is 16.6. The van der Waals surface area contributed by atoms with Crippen LogP contribution in [0.25, 0.3) is 10.9 Å². The number of nitrogens with zero attached hydrogens (tertiary/aromatic N) is 5. The third-order valence-electron chi connectivity index (χ3n) is 7.78. The Morgan fingerprint density at radius 2 is 1.89 bits per heavy atom. The standard InChI is InChI=1S/C26H34N6O4/c1-2-22(25-28-29-30-32(25)16-20-8-5-9-34-20)31(19-6-3-4-7-19)15-18-12-17-13-23-24(36-11-10-35-23)14-21(17)27-26(18)33/h12-14,19-20,22H,2-11,15-16H2,1H3,(H,27,33)/t20-,22-/m1/s1. The number of nitrogens with one attached hydrogen (secondary N) is 1. The van der Waals surface area contributed by atoms with Crippen molar-refractivity contribution in [1.29, 1.82) is 0 Å². The highest BCUT2D eigenvalue weighted by Crippen LogP contribution is 2.36. The maximum atomic E-state index is 13.2. The fourth-order valence-electron chi connectivity index (χ4n) is 5.96. The summed E-state index contributed by atoms with van der Waals surface area (Å²) < 4.78 is 19.2. The quantitative estimate of drug-likeness (QED) is 0.508. The van der Waals surface area contributed by atoms with Gasteiger partial charge in [-0.15, -0.1) is 5.10 Å². The largest absolute Gasteiger partial charge is 0.486 e. The summed E-state index contributed by atoms with van der Waals surface area (Å²) in [7, 11) is 0. The molecule has 2 atom stereocenters. The lowest BCUT2D eigenvalue weighted by atomic mass is 10.0. The highest BCUT2D eigenvalue weighted by Gasteiger charge is 2.33. The number of hydrogen-bond donors (Lipinski definition) is 1. The third-order valence-corrected chi connectivity index (χ3v) is 7.78. The van der Waals surface area contributed by atoms with Crippen LogP contribution >= 0.6 is 0 Å². The summed E-state index contributed by atoms with van der Waals surface area (Å²) in [4.78, 5) is 18.8. The van der Waals surface area contributed by atoms with E-state index in [4.69, 9.17) is 14.2 Å². The second-order valence-electron chi connectivity index (χ2n) is 10.1. The predicted octanol–water partition coefficient (Wildman–Crippen LogP) is 3.36. The molecule has 36 heavy (non-hydrogen) atoms. The Bertz CT molecular complexity index is 1260. The van der Waals surface area contributed by atoms with Crippen LogP contribution in [-0.4, -0.2) is 62.1 Å². The molecule has 1 aromatic carbocycles. The lowest BCUT2D eigenvalue weighted by Crippen LogP contribution is -2.39. The molecular formula is C26H34N6O4. The van der Waals surface area contributed by atoms with Gasteiger partial charge in [-0.05, 0) is 54.7 Å². The SMILES string of the molecule is CC[C@H](c1nnnn1C[C@H]1CCCO1)N(Cc1cc2cc3c(cc2[nH]c1=O)OCCO3)C1CCCC1. The fourth-order valence-corrected chi connectivity index (χ4v) is 5.96. The van der Waals surface area contributed by atoms with Gasteiger partial charge in [-0.3, -0.25) is 9.69 Å². The normalized spacial score (nSPS) is 21.0. The Labute approximate surface area is 209 Å². The van der Waals surface area contributed by atoms with Crippen LogP contribution in [0, 0.1) is 0 Å². The van der Waals surface area contributed by atoms with Crippen molar-refractivity contribution < 1.29 is 14.2 Å². The molecule has 3 aromatic rings. The molecule has 0 unspecified atom stereocenters. The molecule has 2 aliphatic heterocycles. The van der Waals surface area contributed by atoms with Gasteiger partial charge in [0, 0.05) is 36.2 Å².